The third-order valence-electron chi connectivity index (χ3n) is 4.37. The normalized spacial score (nSPS) is 13.7. The van der Waals surface area contributed by atoms with Crippen LogP contribution in [0.2, 0.25) is 0 Å². The van der Waals surface area contributed by atoms with Crippen molar-refractivity contribution in [1.29, 1.82) is 0 Å². The van der Waals surface area contributed by atoms with Crippen molar-refractivity contribution in [1.82, 2.24) is 20.2 Å². The number of tetrazole rings is 1. The predicted octanol–water partition coefficient (Wildman–Crippen LogP) is 2.08. The summed E-state index contributed by atoms with van der Waals surface area (Å²) in [5.41, 5.74) is 2.11. The Labute approximate surface area is 170 Å². The zero-order valence-corrected chi connectivity index (χ0v) is 17.4. The Hall–Kier alpha value is -2.24. The van der Waals surface area contributed by atoms with Crippen molar-refractivity contribution >= 4 is 44.6 Å². The van der Waals surface area contributed by atoms with Crippen LogP contribution in [0.25, 0.3) is 0 Å². The summed E-state index contributed by atoms with van der Waals surface area (Å²) in [6.45, 7) is 0.986. The molecule has 28 heavy (non-hydrogen) atoms. The molecule has 146 valence electrons. The van der Waals surface area contributed by atoms with E-state index in [2.05, 4.69) is 15.5 Å². The van der Waals surface area contributed by atoms with Crippen molar-refractivity contribution in [3.63, 3.8) is 0 Å². The monoisotopic (exact) mass is 435 g/mol. The molecule has 3 aromatic rings. The van der Waals surface area contributed by atoms with E-state index >= 15 is 0 Å². The van der Waals surface area contributed by atoms with Gasteiger partial charge in [-0.05, 0) is 52.1 Å². The van der Waals surface area contributed by atoms with Crippen LogP contribution in [0.3, 0.4) is 0 Å². The maximum Gasteiger partial charge on any atom is 0.232 e. The van der Waals surface area contributed by atoms with Crippen molar-refractivity contribution < 1.29 is 13.2 Å². The Balaban J connectivity index is 1.44. The molecule has 0 N–H and O–H groups in total. The van der Waals surface area contributed by atoms with Gasteiger partial charge < -0.3 is 0 Å². The summed E-state index contributed by atoms with van der Waals surface area (Å²) in [4.78, 5) is 13.8. The lowest BCUT2D eigenvalue weighted by Crippen LogP contribution is -2.27. The van der Waals surface area contributed by atoms with Crippen molar-refractivity contribution in [2.45, 2.75) is 18.1 Å². The van der Waals surface area contributed by atoms with Crippen LogP contribution >= 0.6 is 23.1 Å². The van der Waals surface area contributed by atoms with Crippen LogP contribution in [0, 0.1) is 0 Å². The van der Waals surface area contributed by atoms with Gasteiger partial charge in [-0.1, -0.05) is 17.8 Å². The molecule has 0 saturated heterocycles. The number of thiophene rings is 1. The fourth-order valence-corrected chi connectivity index (χ4v) is 5.47. The molecule has 1 aliphatic heterocycles. The quantitative estimate of drug-likeness (QED) is 0.414. The highest BCUT2D eigenvalue weighted by molar-refractivity contribution is 7.99. The summed E-state index contributed by atoms with van der Waals surface area (Å²) in [5.74, 6) is 0.163. The van der Waals surface area contributed by atoms with E-state index in [-0.39, 0.29) is 11.5 Å². The Morgan fingerprint density at radius 1 is 1.32 bits per heavy atom. The highest BCUT2D eigenvalue weighted by Gasteiger charge is 2.26. The lowest BCUT2D eigenvalue weighted by molar-refractivity contribution is 0.102. The topological polar surface area (TPSA) is 98.1 Å². The van der Waals surface area contributed by atoms with Gasteiger partial charge in [0.1, 0.15) is 0 Å². The Morgan fingerprint density at radius 3 is 2.93 bits per heavy atom. The SMILES string of the molecule is CS(=O)(=O)N1CCc2cc(C(=O)CSc3nnnn3Cc3cccs3)ccc21. The molecule has 8 nitrogen and oxygen atoms in total. The van der Waals surface area contributed by atoms with Crippen LogP contribution in [0.4, 0.5) is 5.69 Å². The molecule has 0 amide bonds. The smallest absolute Gasteiger partial charge is 0.232 e. The zero-order chi connectivity index (χ0) is 19.7. The lowest BCUT2D eigenvalue weighted by atomic mass is 10.1. The molecule has 4 rings (SSSR count). The first-order valence-corrected chi connectivity index (χ1v) is 12.2. The number of nitrogens with zero attached hydrogens (tertiary/aromatic N) is 5. The van der Waals surface area contributed by atoms with Gasteiger partial charge in [-0.3, -0.25) is 9.10 Å². The third-order valence-corrected chi connectivity index (χ3v) is 7.37. The van der Waals surface area contributed by atoms with Crippen molar-refractivity contribution in [2.75, 3.05) is 22.9 Å². The minimum Gasteiger partial charge on any atom is -0.293 e. The van der Waals surface area contributed by atoms with E-state index in [1.807, 2.05) is 17.5 Å². The lowest BCUT2D eigenvalue weighted by Gasteiger charge is -2.16. The van der Waals surface area contributed by atoms with E-state index in [4.69, 9.17) is 0 Å². The number of aromatic nitrogens is 4. The second kappa shape index (κ2) is 7.64. The molecule has 1 aliphatic rings. The van der Waals surface area contributed by atoms with E-state index in [1.165, 1.54) is 22.3 Å². The number of carbonyl (C=O) groups is 1. The van der Waals surface area contributed by atoms with Crippen molar-refractivity contribution in [3.05, 3.63) is 51.7 Å². The number of carbonyl (C=O) groups excluding carboxylic acids is 1. The molecule has 0 fully saturated rings. The van der Waals surface area contributed by atoms with Crippen LogP contribution < -0.4 is 4.31 Å². The Bertz CT molecular complexity index is 1110. The fourth-order valence-electron chi connectivity index (χ4n) is 3.05. The second-order valence-electron chi connectivity index (χ2n) is 6.34. The van der Waals surface area contributed by atoms with Crippen LogP contribution in [0.1, 0.15) is 20.8 Å². The Morgan fingerprint density at radius 2 is 2.18 bits per heavy atom. The number of thioether (sulfide) groups is 1. The molecule has 11 heteroatoms. The average molecular weight is 436 g/mol. The van der Waals surface area contributed by atoms with Gasteiger partial charge >= 0.3 is 0 Å². The first kappa shape index (κ1) is 19.1. The minimum absolute atomic E-state index is 0.0451. The molecule has 3 heterocycles. The molecule has 1 aromatic carbocycles. The largest absolute Gasteiger partial charge is 0.293 e. The number of hydrogen-bond donors (Lipinski definition) is 0. The van der Waals surface area contributed by atoms with Gasteiger partial charge in [-0.15, -0.1) is 16.4 Å². The van der Waals surface area contributed by atoms with Gasteiger partial charge in [0.05, 0.1) is 24.2 Å². The summed E-state index contributed by atoms with van der Waals surface area (Å²) < 4.78 is 26.7. The van der Waals surface area contributed by atoms with Crippen LogP contribution in [-0.2, 0) is 23.0 Å². The number of fused-ring (bicyclic) bond motifs is 1. The molecule has 0 aliphatic carbocycles. The van der Waals surface area contributed by atoms with E-state index in [9.17, 15) is 13.2 Å². The molecular formula is C17H17N5O3S3. The Kier molecular flexibility index (Phi) is 5.21. The van der Waals surface area contributed by atoms with E-state index in [0.29, 0.717) is 35.9 Å². The van der Waals surface area contributed by atoms with Gasteiger partial charge in [0.2, 0.25) is 15.2 Å². The molecule has 2 aromatic heterocycles. The average Bonchev–Trinajstić information content (AvgIpc) is 3.39. The van der Waals surface area contributed by atoms with E-state index in [0.717, 1.165) is 10.4 Å². The maximum atomic E-state index is 12.6. The third kappa shape index (κ3) is 3.96. The highest BCUT2D eigenvalue weighted by Crippen LogP contribution is 2.31. The summed E-state index contributed by atoms with van der Waals surface area (Å²) >= 11 is 2.92. The van der Waals surface area contributed by atoms with E-state index in [1.54, 1.807) is 34.2 Å². The number of Topliss-reactive ketones (excluding diaryl/α,β-unsaturated/α-hetero) is 1. The second-order valence-corrected chi connectivity index (χ2v) is 10.2. The number of rotatable bonds is 7. The van der Waals surface area contributed by atoms with Crippen LogP contribution in [0.15, 0.2) is 40.9 Å². The van der Waals surface area contributed by atoms with Gasteiger partial charge in [0.25, 0.3) is 0 Å². The van der Waals surface area contributed by atoms with Gasteiger partial charge in [-0.25, -0.2) is 13.1 Å². The first-order chi connectivity index (χ1) is 13.4. The summed E-state index contributed by atoms with van der Waals surface area (Å²) in [7, 11) is -3.30. The molecule has 0 atom stereocenters. The molecule has 0 saturated carbocycles. The first-order valence-electron chi connectivity index (χ1n) is 8.47. The summed E-state index contributed by atoms with van der Waals surface area (Å²) in [5, 5.41) is 14.3. The number of hydrogen-bond acceptors (Lipinski definition) is 8. The van der Waals surface area contributed by atoms with Crippen LogP contribution in [0.5, 0.6) is 0 Å². The molecular weight excluding hydrogens is 418 g/mol. The fraction of sp³-hybridized carbons (Fsp3) is 0.294. The van der Waals surface area contributed by atoms with Gasteiger partial charge in [-0.2, -0.15) is 0 Å². The number of sulfonamides is 1. The standard InChI is InChI=1S/C17H17N5O3S3/c1-28(24,25)22-7-6-12-9-13(4-5-15(12)22)16(23)11-27-17-18-19-20-21(17)10-14-3-2-8-26-14/h2-5,8-9H,6-7,10-11H2,1H3. The maximum absolute atomic E-state index is 12.6. The van der Waals surface area contributed by atoms with E-state index < -0.39 is 10.0 Å². The summed E-state index contributed by atoms with van der Waals surface area (Å²) in [6, 6.07) is 9.16. The van der Waals surface area contributed by atoms with Gasteiger partial charge in [0, 0.05) is 17.0 Å². The van der Waals surface area contributed by atoms with Crippen molar-refractivity contribution in [3.8, 4) is 0 Å². The number of anilines is 1. The van der Waals surface area contributed by atoms with Crippen molar-refractivity contribution in [2.24, 2.45) is 0 Å². The minimum atomic E-state index is -3.30. The van der Waals surface area contributed by atoms with Gasteiger partial charge in [0.15, 0.2) is 5.78 Å². The molecule has 0 radical (unpaired) electrons. The predicted molar refractivity (Wildman–Crippen MR) is 109 cm³/mol. The molecule has 0 unspecified atom stereocenters. The zero-order valence-electron chi connectivity index (χ0n) is 15.0. The number of ketones is 1. The molecule has 0 spiro atoms. The summed E-state index contributed by atoms with van der Waals surface area (Å²) in [6.07, 6.45) is 1.80. The highest BCUT2D eigenvalue weighted by atomic mass is 32.2. The number of benzene rings is 1. The molecule has 0 bridgehead atoms. The van der Waals surface area contributed by atoms with Crippen LogP contribution in [-0.4, -0.2) is 53.0 Å².